The van der Waals surface area contributed by atoms with Gasteiger partial charge >= 0.3 is 5.97 Å². The van der Waals surface area contributed by atoms with Crippen LogP contribution in [-0.4, -0.2) is 28.5 Å². The first-order valence-corrected chi connectivity index (χ1v) is 4.52. The molecule has 1 rings (SSSR count). The van der Waals surface area contributed by atoms with E-state index in [1.165, 1.54) is 30.3 Å². The molecule has 0 saturated heterocycles. The molecule has 1 heterocycles. The number of carboxylic acid groups (broad SMARTS) is 1. The number of carboxylic acids is 1. The molecule has 0 fully saturated rings. The average Bonchev–Trinajstić information content (AvgIpc) is 2.18. The van der Waals surface area contributed by atoms with E-state index in [4.69, 9.17) is 5.11 Å². The second-order valence-electron chi connectivity index (χ2n) is 3.00. The van der Waals surface area contributed by atoms with Crippen molar-refractivity contribution in [2.45, 2.75) is 13.8 Å². The zero-order valence-electron chi connectivity index (χ0n) is 8.60. The van der Waals surface area contributed by atoms with E-state index in [0.29, 0.717) is 12.2 Å². The van der Waals surface area contributed by atoms with Crippen LogP contribution in [0.2, 0.25) is 0 Å². The molecule has 0 aliphatic carbocycles. The second-order valence-corrected chi connectivity index (χ2v) is 3.00. The summed E-state index contributed by atoms with van der Waals surface area (Å²) >= 11 is 0. The molecule has 5 nitrogen and oxygen atoms in total. The van der Waals surface area contributed by atoms with Crippen molar-refractivity contribution in [2.75, 3.05) is 11.4 Å². The Morgan fingerprint density at radius 3 is 2.60 bits per heavy atom. The van der Waals surface area contributed by atoms with Crippen LogP contribution in [0.15, 0.2) is 18.5 Å². The SMILES string of the molecule is CCN(C(C)=O)c1cncc(C(=O)O)c1. The number of rotatable bonds is 3. The van der Waals surface area contributed by atoms with Crippen molar-refractivity contribution in [1.29, 1.82) is 0 Å². The Morgan fingerprint density at radius 1 is 1.47 bits per heavy atom. The van der Waals surface area contributed by atoms with Gasteiger partial charge in [0.05, 0.1) is 17.4 Å². The van der Waals surface area contributed by atoms with Gasteiger partial charge in [0, 0.05) is 19.7 Å². The van der Waals surface area contributed by atoms with Gasteiger partial charge in [-0.15, -0.1) is 0 Å². The highest BCUT2D eigenvalue weighted by molar-refractivity contribution is 5.93. The maximum atomic E-state index is 11.2. The standard InChI is InChI=1S/C10H12N2O3/c1-3-12(7(2)13)9-4-8(10(14)15)5-11-6-9/h4-6H,3H2,1-2H3,(H,14,15). The van der Waals surface area contributed by atoms with Crippen LogP contribution in [0.3, 0.4) is 0 Å². The van der Waals surface area contributed by atoms with Gasteiger partial charge in [-0.2, -0.15) is 0 Å². The van der Waals surface area contributed by atoms with Gasteiger partial charge in [-0.05, 0) is 13.0 Å². The molecule has 80 valence electrons. The minimum Gasteiger partial charge on any atom is -0.478 e. The van der Waals surface area contributed by atoms with Crippen LogP contribution in [0.1, 0.15) is 24.2 Å². The summed E-state index contributed by atoms with van der Waals surface area (Å²) in [5.41, 5.74) is 0.581. The van der Waals surface area contributed by atoms with E-state index in [9.17, 15) is 9.59 Å². The van der Waals surface area contributed by atoms with Crippen LogP contribution >= 0.6 is 0 Å². The summed E-state index contributed by atoms with van der Waals surface area (Å²) in [6, 6.07) is 1.43. The molecule has 0 aliphatic heterocycles. The third-order valence-corrected chi connectivity index (χ3v) is 1.98. The van der Waals surface area contributed by atoms with Crippen LogP contribution < -0.4 is 4.90 Å². The van der Waals surface area contributed by atoms with Gasteiger partial charge in [-0.25, -0.2) is 4.79 Å². The van der Waals surface area contributed by atoms with Crippen LogP contribution in [-0.2, 0) is 4.79 Å². The van der Waals surface area contributed by atoms with Crippen molar-refractivity contribution in [1.82, 2.24) is 4.98 Å². The molecule has 5 heteroatoms. The van der Waals surface area contributed by atoms with E-state index in [1.54, 1.807) is 0 Å². The first-order chi connectivity index (χ1) is 7.06. The smallest absolute Gasteiger partial charge is 0.337 e. The number of amides is 1. The number of carbonyl (C=O) groups excluding carboxylic acids is 1. The highest BCUT2D eigenvalue weighted by Crippen LogP contribution is 2.14. The number of hydrogen-bond donors (Lipinski definition) is 1. The van der Waals surface area contributed by atoms with E-state index >= 15 is 0 Å². The minimum atomic E-state index is -1.05. The van der Waals surface area contributed by atoms with Crippen LogP contribution in [0.4, 0.5) is 5.69 Å². The van der Waals surface area contributed by atoms with E-state index in [1.807, 2.05) is 6.92 Å². The van der Waals surface area contributed by atoms with Crippen LogP contribution in [0.5, 0.6) is 0 Å². The van der Waals surface area contributed by atoms with Crippen molar-refractivity contribution in [3.05, 3.63) is 24.0 Å². The molecular formula is C10H12N2O3. The normalized spacial score (nSPS) is 9.73. The largest absolute Gasteiger partial charge is 0.478 e. The topological polar surface area (TPSA) is 70.5 Å². The van der Waals surface area contributed by atoms with E-state index in [0.717, 1.165) is 0 Å². The summed E-state index contributed by atoms with van der Waals surface area (Å²) in [7, 11) is 0. The van der Waals surface area contributed by atoms with E-state index in [-0.39, 0.29) is 11.5 Å². The van der Waals surface area contributed by atoms with Crippen molar-refractivity contribution in [3.8, 4) is 0 Å². The number of nitrogens with zero attached hydrogens (tertiary/aromatic N) is 2. The number of aromatic nitrogens is 1. The lowest BCUT2D eigenvalue weighted by molar-refractivity contribution is -0.116. The predicted molar refractivity (Wildman–Crippen MR) is 54.9 cm³/mol. The Bertz CT molecular complexity index is 390. The van der Waals surface area contributed by atoms with Crippen molar-refractivity contribution in [2.24, 2.45) is 0 Å². The van der Waals surface area contributed by atoms with Crippen molar-refractivity contribution in [3.63, 3.8) is 0 Å². The summed E-state index contributed by atoms with van der Waals surface area (Å²) in [4.78, 5) is 27.1. The van der Waals surface area contributed by atoms with Gasteiger partial charge in [-0.1, -0.05) is 0 Å². The Labute approximate surface area is 87.4 Å². The first kappa shape index (κ1) is 11.2. The number of pyridine rings is 1. The molecule has 1 aromatic heterocycles. The molecule has 0 saturated carbocycles. The molecule has 0 aromatic carbocycles. The third-order valence-electron chi connectivity index (χ3n) is 1.98. The fourth-order valence-corrected chi connectivity index (χ4v) is 1.28. The third kappa shape index (κ3) is 2.52. The Kier molecular flexibility index (Phi) is 3.38. The summed E-state index contributed by atoms with van der Waals surface area (Å²) in [6.45, 7) is 3.73. The Hall–Kier alpha value is -1.91. The fraction of sp³-hybridized carbons (Fsp3) is 0.300. The lowest BCUT2D eigenvalue weighted by atomic mass is 10.2. The zero-order chi connectivity index (χ0) is 11.4. The lowest BCUT2D eigenvalue weighted by Crippen LogP contribution is -2.28. The molecule has 1 amide bonds. The predicted octanol–water partition coefficient (Wildman–Crippen LogP) is 1.15. The van der Waals surface area contributed by atoms with Gasteiger partial charge in [0.25, 0.3) is 0 Å². The number of carbonyl (C=O) groups is 2. The number of aromatic carboxylic acids is 1. The van der Waals surface area contributed by atoms with Crippen LogP contribution in [0.25, 0.3) is 0 Å². The summed E-state index contributed by atoms with van der Waals surface area (Å²) in [5, 5.41) is 8.76. The molecule has 15 heavy (non-hydrogen) atoms. The highest BCUT2D eigenvalue weighted by atomic mass is 16.4. The van der Waals surface area contributed by atoms with E-state index < -0.39 is 5.97 Å². The summed E-state index contributed by atoms with van der Waals surface area (Å²) in [6.07, 6.45) is 2.72. The van der Waals surface area contributed by atoms with Gasteiger partial charge in [0.1, 0.15) is 0 Å². The molecule has 0 bridgehead atoms. The fourth-order valence-electron chi connectivity index (χ4n) is 1.28. The molecule has 1 aromatic rings. The zero-order valence-corrected chi connectivity index (χ0v) is 8.60. The molecule has 0 spiro atoms. The Morgan fingerprint density at radius 2 is 2.13 bits per heavy atom. The second kappa shape index (κ2) is 4.54. The van der Waals surface area contributed by atoms with Gasteiger partial charge in [0.15, 0.2) is 0 Å². The maximum Gasteiger partial charge on any atom is 0.337 e. The van der Waals surface area contributed by atoms with Gasteiger partial charge < -0.3 is 10.0 Å². The summed E-state index contributed by atoms with van der Waals surface area (Å²) < 4.78 is 0. The van der Waals surface area contributed by atoms with Crippen LogP contribution in [0, 0.1) is 0 Å². The highest BCUT2D eigenvalue weighted by Gasteiger charge is 2.11. The molecular weight excluding hydrogens is 196 g/mol. The van der Waals surface area contributed by atoms with E-state index in [2.05, 4.69) is 4.98 Å². The maximum absolute atomic E-state index is 11.2. The minimum absolute atomic E-state index is 0.0761. The van der Waals surface area contributed by atoms with Gasteiger partial charge in [-0.3, -0.25) is 9.78 Å². The van der Waals surface area contributed by atoms with Crippen molar-refractivity contribution >= 4 is 17.6 Å². The Balaban J connectivity index is 3.08. The average molecular weight is 208 g/mol. The van der Waals surface area contributed by atoms with Crippen molar-refractivity contribution < 1.29 is 14.7 Å². The number of anilines is 1. The summed E-state index contributed by atoms with van der Waals surface area (Å²) in [5.74, 6) is -1.19. The monoisotopic (exact) mass is 208 g/mol. The molecule has 0 atom stereocenters. The lowest BCUT2D eigenvalue weighted by Gasteiger charge is -2.18. The first-order valence-electron chi connectivity index (χ1n) is 4.52. The molecule has 0 aliphatic rings. The number of hydrogen-bond acceptors (Lipinski definition) is 3. The van der Waals surface area contributed by atoms with Gasteiger partial charge in [0.2, 0.25) is 5.91 Å². The molecule has 0 unspecified atom stereocenters. The molecule has 0 radical (unpaired) electrons. The molecule has 1 N–H and O–H groups in total. The quantitative estimate of drug-likeness (QED) is 0.808.